The summed E-state index contributed by atoms with van der Waals surface area (Å²) in [6.07, 6.45) is 1.40. The third kappa shape index (κ3) is 4.10. The molecule has 1 aromatic heterocycles. The molecule has 0 unspecified atom stereocenters. The second-order valence-corrected chi connectivity index (χ2v) is 8.59. The first-order valence-electron chi connectivity index (χ1n) is 10.3. The quantitative estimate of drug-likeness (QED) is 0.338. The molecular weight excluding hydrogens is 462 g/mol. The summed E-state index contributed by atoms with van der Waals surface area (Å²) in [6.45, 7) is 3.87. The van der Waals surface area contributed by atoms with Gasteiger partial charge >= 0.3 is 0 Å². The first-order valence-corrected chi connectivity index (χ1v) is 11.2. The van der Waals surface area contributed by atoms with Gasteiger partial charge in [-0.15, -0.1) is 11.3 Å². The molecule has 0 spiro atoms. The van der Waals surface area contributed by atoms with Gasteiger partial charge in [-0.05, 0) is 38.1 Å². The molecule has 12 heteroatoms. The maximum atomic E-state index is 11.7. The van der Waals surface area contributed by atoms with Gasteiger partial charge in [0.1, 0.15) is 5.75 Å². The van der Waals surface area contributed by atoms with Crippen LogP contribution in [0.1, 0.15) is 19.4 Å². The van der Waals surface area contributed by atoms with Crippen LogP contribution in [0.15, 0.2) is 45.8 Å². The van der Waals surface area contributed by atoms with Gasteiger partial charge in [-0.3, -0.25) is 19.9 Å². The Bertz CT molecular complexity index is 1410. The van der Waals surface area contributed by atoms with Crippen molar-refractivity contribution in [2.24, 2.45) is 10.1 Å². The number of benzene rings is 2. The molecule has 11 nitrogen and oxygen atoms in total. The molecule has 1 N–H and O–H groups in total. The molecule has 5 rings (SSSR count). The first kappa shape index (κ1) is 21.6. The Hall–Kier alpha value is -4.19. The van der Waals surface area contributed by atoms with Crippen molar-refractivity contribution in [2.45, 2.75) is 19.9 Å². The van der Waals surface area contributed by atoms with Gasteiger partial charge in [-0.25, -0.2) is 4.68 Å². The van der Waals surface area contributed by atoms with Crippen LogP contribution in [0, 0.1) is 10.1 Å². The van der Waals surface area contributed by atoms with Crippen molar-refractivity contribution in [3.05, 3.63) is 56.2 Å². The number of amides is 1. The van der Waals surface area contributed by atoms with E-state index in [2.05, 4.69) is 15.4 Å². The van der Waals surface area contributed by atoms with Gasteiger partial charge < -0.3 is 19.5 Å². The van der Waals surface area contributed by atoms with Crippen LogP contribution in [-0.2, 0) is 4.79 Å². The van der Waals surface area contributed by atoms with Crippen LogP contribution in [-0.4, -0.2) is 41.2 Å². The van der Waals surface area contributed by atoms with Gasteiger partial charge in [0.15, 0.2) is 18.1 Å². The Morgan fingerprint density at radius 1 is 1.18 bits per heavy atom. The average Bonchev–Trinajstić information content (AvgIpc) is 3.42. The third-order valence-corrected chi connectivity index (χ3v) is 5.82. The van der Waals surface area contributed by atoms with Crippen LogP contribution in [0.2, 0.25) is 0 Å². The van der Waals surface area contributed by atoms with Gasteiger partial charge in [0.25, 0.3) is 11.6 Å². The average molecular weight is 481 g/mol. The van der Waals surface area contributed by atoms with E-state index in [1.54, 1.807) is 16.8 Å². The van der Waals surface area contributed by atoms with Gasteiger partial charge in [-0.1, -0.05) is 0 Å². The minimum atomic E-state index is -0.492. The molecule has 0 saturated heterocycles. The fourth-order valence-corrected chi connectivity index (χ4v) is 4.46. The Kier molecular flexibility index (Phi) is 5.49. The summed E-state index contributed by atoms with van der Waals surface area (Å²) >= 11 is 1.39. The molecule has 0 radical (unpaired) electrons. The predicted molar refractivity (Wildman–Crippen MR) is 125 cm³/mol. The Morgan fingerprint density at radius 2 is 1.97 bits per heavy atom. The maximum Gasteiger partial charge on any atom is 0.282 e. The molecule has 3 heterocycles. The number of hydrogen-bond acceptors (Lipinski definition) is 9. The van der Waals surface area contributed by atoms with E-state index in [0.29, 0.717) is 33.4 Å². The molecule has 0 aliphatic carbocycles. The second-order valence-electron chi connectivity index (χ2n) is 7.75. The van der Waals surface area contributed by atoms with E-state index >= 15 is 0 Å². The van der Waals surface area contributed by atoms with Crippen LogP contribution in [0.25, 0.3) is 11.3 Å². The van der Waals surface area contributed by atoms with Crippen LogP contribution in [0.3, 0.4) is 0 Å². The number of nitrogens with zero attached hydrogens (tertiary/aromatic N) is 4. The predicted octanol–water partition coefficient (Wildman–Crippen LogP) is 3.38. The van der Waals surface area contributed by atoms with Gasteiger partial charge in [0, 0.05) is 17.0 Å². The van der Waals surface area contributed by atoms with E-state index in [1.165, 1.54) is 29.7 Å². The monoisotopic (exact) mass is 481 g/mol. The number of thiazole rings is 1. The number of anilines is 1. The molecule has 34 heavy (non-hydrogen) atoms. The minimum Gasteiger partial charge on any atom is -0.482 e. The van der Waals surface area contributed by atoms with Crippen molar-refractivity contribution in [2.75, 3.05) is 18.7 Å². The normalized spacial score (nSPS) is 14.9. The molecule has 3 aromatic rings. The highest BCUT2D eigenvalue weighted by Crippen LogP contribution is 2.37. The van der Waals surface area contributed by atoms with E-state index in [-0.39, 0.29) is 36.6 Å². The lowest BCUT2D eigenvalue weighted by molar-refractivity contribution is -0.385. The lowest BCUT2D eigenvalue weighted by Gasteiger charge is -2.18. The highest BCUT2D eigenvalue weighted by Gasteiger charge is 2.23. The van der Waals surface area contributed by atoms with E-state index in [0.717, 1.165) is 5.56 Å². The molecule has 0 saturated carbocycles. The Morgan fingerprint density at radius 3 is 2.74 bits per heavy atom. The van der Waals surface area contributed by atoms with E-state index < -0.39 is 4.92 Å². The zero-order valence-corrected chi connectivity index (χ0v) is 19.0. The summed E-state index contributed by atoms with van der Waals surface area (Å²) in [5.41, 5.74) is 2.14. The number of rotatable bonds is 5. The smallest absolute Gasteiger partial charge is 0.282 e. The summed E-state index contributed by atoms with van der Waals surface area (Å²) in [4.78, 5) is 28.1. The van der Waals surface area contributed by atoms with Crippen LogP contribution < -0.4 is 24.3 Å². The number of fused-ring (bicyclic) bond motifs is 2. The molecule has 1 amide bonds. The number of hydrogen-bond donors (Lipinski definition) is 1. The highest BCUT2D eigenvalue weighted by molar-refractivity contribution is 7.07. The second kappa shape index (κ2) is 8.63. The van der Waals surface area contributed by atoms with E-state index in [9.17, 15) is 14.9 Å². The number of nitro groups is 1. The summed E-state index contributed by atoms with van der Waals surface area (Å²) in [7, 11) is 0. The van der Waals surface area contributed by atoms with Crippen LogP contribution >= 0.6 is 11.3 Å². The first-order chi connectivity index (χ1) is 16.4. The highest BCUT2D eigenvalue weighted by atomic mass is 32.1. The third-order valence-electron chi connectivity index (χ3n) is 4.99. The number of ether oxygens (including phenoxy) is 3. The van der Waals surface area contributed by atoms with Crippen molar-refractivity contribution < 1.29 is 23.9 Å². The molecule has 0 atom stereocenters. The van der Waals surface area contributed by atoms with Gasteiger partial charge in [0.2, 0.25) is 11.6 Å². The topological polar surface area (TPSA) is 130 Å². The van der Waals surface area contributed by atoms with Gasteiger partial charge in [0.05, 0.1) is 34.1 Å². The molecule has 2 aliphatic heterocycles. The van der Waals surface area contributed by atoms with Crippen molar-refractivity contribution in [3.63, 3.8) is 0 Å². The number of nitrogens with one attached hydrogen (secondary N) is 1. The van der Waals surface area contributed by atoms with Gasteiger partial charge in [-0.2, -0.15) is 5.10 Å². The largest absolute Gasteiger partial charge is 0.482 e. The molecular formula is C22H19N5O6S. The maximum absolute atomic E-state index is 11.7. The van der Waals surface area contributed by atoms with Crippen LogP contribution in [0.5, 0.6) is 17.2 Å². The lowest BCUT2D eigenvalue weighted by atomic mass is 10.1. The molecule has 2 aromatic carbocycles. The lowest BCUT2D eigenvalue weighted by Crippen LogP contribution is -2.25. The van der Waals surface area contributed by atoms with E-state index in [1.807, 2.05) is 25.3 Å². The molecule has 0 bridgehead atoms. The van der Waals surface area contributed by atoms with Crippen LogP contribution in [0.4, 0.5) is 11.4 Å². The zero-order chi connectivity index (χ0) is 23.8. The number of carbonyl (C=O) groups excluding carboxylic acids is 1. The molecule has 2 aliphatic rings. The van der Waals surface area contributed by atoms with Crippen molar-refractivity contribution in [3.8, 4) is 28.5 Å². The number of nitro benzene ring substituents is 1. The van der Waals surface area contributed by atoms with Crippen molar-refractivity contribution in [1.29, 1.82) is 0 Å². The summed E-state index contributed by atoms with van der Waals surface area (Å²) < 4.78 is 17.7. The fraction of sp³-hybridized carbons (Fsp3) is 0.227. The Labute approximate surface area is 197 Å². The van der Waals surface area contributed by atoms with E-state index in [4.69, 9.17) is 14.2 Å². The molecule has 174 valence electrons. The summed E-state index contributed by atoms with van der Waals surface area (Å²) in [5.74, 6) is 1.09. The standard InChI is InChI=1S/C22H19N5O6S/c1-12(2)24-22-26(23-8-14-6-19-20(33-11-32-19)7-16(14)27(29)30)17(10-34-22)13-3-4-18-15(5-13)25-21(28)9-31-18/h3-8,10,12H,9,11H2,1-2H3,(H,25,28). The number of carbonyl (C=O) groups is 1. The zero-order valence-electron chi connectivity index (χ0n) is 18.2. The fourth-order valence-electron chi connectivity index (χ4n) is 3.49. The van der Waals surface area contributed by atoms with Crippen molar-refractivity contribution >= 4 is 34.8 Å². The minimum absolute atomic E-state index is 0.00375. The molecule has 0 fully saturated rings. The number of aromatic nitrogens is 1. The Balaban J connectivity index is 1.61. The summed E-state index contributed by atoms with van der Waals surface area (Å²) in [6, 6.07) is 8.28. The summed E-state index contributed by atoms with van der Waals surface area (Å²) in [5, 5.41) is 20.9. The SMILES string of the molecule is CC(C)N=c1scc(-c2ccc3c(c2)NC(=O)CO3)n1N=Cc1cc2c(cc1[N+](=O)[O-])OCO2. The van der Waals surface area contributed by atoms with Crippen molar-refractivity contribution in [1.82, 2.24) is 4.68 Å².